The molecule has 64 valence electrons. The molecule has 0 bridgehead atoms. The summed E-state index contributed by atoms with van der Waals surface area (Å²) in [7, 11) is 0. The molecule has 0 aliphatic heterocycles. The second-order valence-electron chi connectivity index (χ2n) is 2.53. The van der Waals surface area contributed by atoms with Crippen LogP contribution in [0.25, 0.3) is 11.4 Å². The van der Waals surface area contributed by atoms with Crippen molar-refractivity contribution < 1.29 is 0 Å². The van der Waals surface area contributed by atoms with Crippen LogP contribution in [0.4, 0.5) is 0 Å². The molecule has 0 fully saturated rings. The Hall–Kier alpha value is -1.97. The standard InChI is InChI=1S/C9H7N3O/c13-9-6-10-5-8(12-9)7-3-1-2-4-11-7/h1-6H,(H,12,13). The van der Waals surface area contributed by atoms with Crippen LogP contribution in [0.2, 0.25) is 0 Å². The first-order valence-electron chi connectivity index (χ1n) is 3.82. The van der Waals surface area contributed by atoms with Crippen molar-refractivity contribution in [2.75, 3.05) is 0 Å². The Labute approximate surface area is 74.3 Å². The number of hydrogen-bond acceptors (Lipinski definition) is 3. The summed E-state index contributed by atoms with van der Waals surface area (Å²) >= 11 is 0. The Morgan fingerprint density at radius 2 is 2.15 bits per heavy atom. The van der Waals surface area contributed by atoms with Crippen molar-refractivity contribution >= 4 is 0 Å². The van der Waals surface area contributed by atoms with E-state index in [1.807, 2.05) is 18.2 Å². The first-order valence-corrected chi connectivity index (χ1v) is 3.82. The van der Waals surface area contributed by atoms with Gasteiger partial charge in [0.15, 0.2) is 0 Å². The van der Waals surface area contributed by atoms with Crippen LogP contribution in [0.3, 0.4) is 0 Å². The molecule has 13 heavy (non-hydrogen) atoms. The molecule has 0 aliphatic carbocycles. The third-order valence-corrected chi connectivity index (χ3v) is 1.59. The molecule has 0 radical (unpaired) electrons. The third-order valence-electron chi connectivity index (χ3n) is 1.59. The van der Waals surface area contributed by atoms with Crippen molar-refractivity contribution in [2.45, 2.75) is 0 Å². The first-order chi connectivity index (χ1) is 6.36. The van der Waals surface area contributed by atoms with E-state index in [1.165, 1.54) is 6.20 Å². The molecule has 0 aromatic carbocycles. The Bertz CT molecular complexity index is 450. The van der Waals surface area contributed by atoms with Crippen molar-refractivity contribution in [2.24, 2.45) is 0 Å². The molecule has 0 aliphatic rings. The van der Waals surface area contributed by atoms with Gasteiger partial charge < -0.3 is 4.98 Å². The van der Waals surface area contributed by atoms with E-state index in [0.717, 1.165) is 0 Å². The summed E-state index contributed by atoms with van der Waals surface area (Å²) in [6.07, 6.45) is 4.47. The lowest BCUT2D eigenvalue weighted by Gasteiger charge is -1.97. The average molecular weight is 173 g/mol. The minimum atomic E-state index is -0.219. The predicted octanol–water partition coefficient (Wildman–Crippen LogP) is 0.832. The minimum absolute atomic E-state index is 0.219. The lowest BCUT2D eigenvalue weighted by atomic mass is 10.3. The van der Waals surface area contributed by atoms with Crippen LogP contribution < -0.4 is 5.56 Å². The van der Waals surface area contributed by atoms with Gasteiger partial charge in [-0.1, -0.05) is 6.07 Å². The summed E-state index contributed by atoms with van der Waals surface area (Å²) in [6, 6.07) is 5.48. The Morgan fingerprint density at radius 3 is 2.85 bits per heavy atom. The molecular weight excluding hydrogens is 166 g/mol. The smallest absolute Gasteiger partial charge is 0.266 e. The second kappa shape index (κ2) is 3.18. The van der Waals surface area contributed by atoms with Crippen LogP contribution >= 0.6 is 0 Å². The maximum atomic E-state index is 10.9. The van der Waals surface area contributed by atoms with Crippen molar-refractivity contribution in [3.8, 4) is 11.4 Å². The highest BCUT2D eigenvalue weighted by atomic mass is 16.1. The third kappa shape index (κ3) is 1.61. The topological polar surface area (TPSA) is 58.6 Å². The van der Waals surface area contributed by atoms with Gasteiger partial charge in [0.05, 0.1) is 23.8 Å². The van der Waals surface area contributed by atoms with Crippen molar-refractivity contribution in [1.82, 2.24) is 15.0 Å². The Morgan fingerprint density at radius 1 is 1.23 bits per heavy atom. The normalized spacial score (nSPS) is 9.85. The molecule has 4 nitrogen and oxygen atoms in total. The van der Waals surface area contributed by atoms with Gasteiger partial charge in [-0.25, -0.2) is 0 Å². The van der Waals surface area contributed by atoms with Crippen LogP contribution in [-0.4, -0.2) is 15.0 Å². The molecule has 0 spiro atoms. The van der Waals surface area contributed by atoms with E-state index in [0.29, 0.717) is 11.4 Å². The maximum absolute atomic E-state index is 10.9. The maximum Gasteiger partial charge on any atom is 0.266 e. The first kappa shape index (κ1) is 7.67. The molecule has 2 aromatic heterocycles. The summed E-state index contributed by atoms with van der Waals surface area (Å²) in [5, 5.41) is 0. The molecule has 4 heteroatoms. The Balaban J connectivity index is 2.54. The number of aromatic amines is 1. The highest BCUT2D eigenvalue weighted by Gasteiger charge is 1.97. The van der Waals surface area contributed by atoms with Gasteiger partial charge >= 0.3 is 0 Å². The number of hydrogen-bond donors (Lipinski definition) is 1. The van der Waals surface area contributed by atoms with E-state index in [-0.39, 0.29) is 5.56 Å². The van der Waals surface area contributed by atoms with Gasteiger partial charge in [0.2, 0.25) is 0 Å². The van der Waals surface area contributed by atoms with Crippen LogP contribution in [0.15, 0.2) is 41.6 Å². The number of rotatable bonds is 1. The molecule has 0 atom stereocenters. The number of aromatic nitrogens is 3. The molecule has 1 N–H and O–H groups in total. The van der Waals surface area contributed by atoms with E-state index in [9.17, 15) is 4.79 Å². The molecule has 2 aromatic rings. The summed E-state index contributed by atoms with van der Waals surface area (Å²) in [5.41, 5.74) is 1.13. The van der Waals surface area contributed by atoms with Crippen LogP contribution in [0, 0.1) is 0 Å². The zero-order valence-electron chi connectivity index (χ0n) is 6.77. The zero-order valence-corrected chi connectivity index (χ0v) is 6.77. The van der Waals surface area contributed by atoms with Crippen LogP contribution in [0.5, 0.6) is 0 Å². The second-order valence-corrected chi connectivity index (χ2v) is 2.53. The van der Waals surface area contributed by atoms with E-state index in [4.69, 9.17) is 0 Å². The lowest BCUT2D eigenvalue weighted by molar-refractivity contribution is 1.12. The zero-order chi connectivity index (χ0) is 9.10. The fourth-order valence-electron chi connectivity index (χ4n) is 1.03. The summed E-state index contributed by atoms with van der Waals surface area (Å²) in [4.78, 5) is 21.4. The fraction of sp³-hybridized carbons (Fsp3) is 0. The number of nitrogens with zero attached hydrogens (tertiary/aromatic N) is 2. The van der Waals surface area contributed by atoms with Crippen LogP contribution in [-0.2, 0) is 0 Å². The fourth-order valence-corrected chi connectivity index (χ4v) is 1.03. The minimum Gasteiger partial charge on any atom is -0.318 e. The molecule has 2 heterocycles. The number of nitrogens with one attached hydrogen (secondary N) is 1. The van der Waals surface area contributed by atoms with E-state index >= 15 is 0 Å². The van der Waals surface area contributed by atoms with Crippen molar-refractivity contribution in [3.05, 3.63) is 47.1 Å². The quantitative estimate of drug-likeness (QED) is 0.694. The monoisotopic (exact) mass is 173 g/mol. The molecular formula is C9H7N3O. The summed E-state index contributed by atoms with van der Waals surface area (Å²) in [5.74, 6) is 0. The predicted molar refractivity (Wildman–Crippen MR) is 48.1 cm³/mol. The van der Waals surface area contributed by atoms with E-state index in [1.54, 1.807) is 12.4 Å². The molecule has 0 saturated carbocycles. The van der Waals surface area contributed by atoms with Crippen LogP contribution in [0.1, 0.15) is 0 Å². The SMILES string of the molecule is O=c1cncc(-c2ccccn2)[nH]1. The van der Waals surface area contributed by atoms with E-state index < -0.39 is 0 Å². The highest BCUT2D eigenvalue weighted by Crippen LogP contribution is 2.08. The van der Waals surface area contributed by atoms with E-state index in [2.05, 4.69) is 15.0 Å². The van der Waals surface area contributed by atoms with Crippen molar-refractivity contribution in [3.63, 3.8) is 0 Å². The van der Waals surface area contributed by atoms with Gasteiger partial charge in [0, 0.05) is 6.20 Å². The molecule has 2 rings (SSSR count). The van der Waals surface area contributed by atoms with Gasteiger partial charge in [-0.2, -0.15) is 0 Å². The number of pyridine rings is 1. The molecule has 0 unspecified atom stereocenters. The largest absolute Gasteiger partial charge is 0.318 e. The van der Waals surface area contributed by atoms with Gasteiger partial charge in [-0.3, -0.25) is 14.8 Å². The molecule has 0 saturated heterocycles. The number of H-pyrrole nitrogens is 1. The van der Waals surface area contributed by atoms with Crippen molar-refractivity contribution in [1.29, 1.82) is 0 Å². The van der Waals surface area contributed by atoms with Gasteiger partial charge in [-0.05, 0) is 12.1 Å². The highest BCUT2D eigenvalue weighted by molar-refractivity contribution is 5.51. The van der Waals surface area contributed by atoms with Gasteiger partial charge in [0.25, 0.3) is 5.56 Å². The summed E-state index contributed by atoms with van der Waals surface area (Å²) < 4.78 is 0. The molecule has 0 amide bonds. The van der Waals surface area contributed by atoms with Gasteiger partial charge in [0.1, 0.15) is 0 Å². The average Bonchev–Trinajstić information content (AvgIpc) is 2.19. The van der Waals surface area contributed by atoms with Gasteiger partial charge in [-0.15, -0.1) is 0 Å². The Kier molecular flexibility index (Phi) is 1.88. The lowest BCUT2D eigenvalue weighted by Crippen LogP contribution is -2.06. The summed E-state index contributed by atoms with van der Waals surface area (Å²) in [6.45, 7) is 0.